The Hall–Kier alpha value is -2.34. The van der Waals surface area contributed by atoms with Crippen LogP contribution in [0.15, 0.2) is 51.7 Å². The molecule has 0 amide bonds. The van der Waals surface area contributed by atoms with E-state index in [1.165, 1.54) is 16.7 Å². The van der Waals surface area contributed by atoms with Crippen LogP contribution in [0.4, 0.5) is 0 Å². The first-order valence-electron chi connectivity index (χ1n) is 6.25. The molecule has 0 bridgehead atoms. The van der Waals surface area contributed by atoms with E-state index in [1.54, 1.807) is 6.07 Å². The van der Waals surface area contributed by atoms with E-state index >= 15 is 0 Å². The third kappa shape index (κ3) is 2.62. The number of benzene rings is 2. The summed E-state index contributed by atoms with van der Waals surface area (Å²) in [6.07, 6.45) is 0. The number of aromatic amines is 1. The molecule has 0 unspecified atom stereocenters. The lowest BCUT2D eigenvalue weighted by Crippen LogP contribution is -2.17. The molecule has 0 saturated heterocycles. The molecule has 3 rings (SSSR count). The van der Waals surface area contributed by atoms with Crippen molar-refractivity contribution in [1.82, 2.24) is 9.55 Å². The Balaban J connectivity index is 2.12. The molecule has 21 heavy (non-hydrogen) atoms. The van der Waals surface area contributed by atoms with Crippen LogP contribution in [0.1, 0.15) is 15.9 Å². The lowest BCUT2D eigenvalue weighted by molar-refractivity contribution is 0.0697. The van der Waals surface area contributed by atoms with Gasteiger partial charge in [-0.2, -0.15) is 0 Å². The molecule has 0 spiro atoms. The average Bonchev–Trinajstić information content (AvgIpc) is 2.74. The van der Waals surface area contributed by atoms with Gasteiger partial charge in [0.1, 0.15) is 0 Å². The van der Waals surface area contributed by atoms with Crippen molar-refractivity contribution >= 4 is 32.9 Å². The summed E-state index contributed by atoms with van der Waals surface area (Å²) in [5.41, 5.74) is 2.06. The number of hydrogen-bond acceptors (Lipinski definition) is 2. The van der Waals surface area contributed by atoms with Crippen LogP contribution in [-0.2, 0) is 6.54 Å². The number of nitrogens with zero attached hydrogens (tertiary/aromatic N) is 1. The van der Waals surface area contributed by atoms with Gasteiger partial charge in [-0.3, -0.25) is 4.57 Å². The Kier molecular flexibility index (Phi) is 3.39. The van der Waals surface area contributed by atoms with Crippen molar-refractivity contribution in [2.24, 2.45) is 0 Å². The number of carboxylic acids is 1. The first-order valence-corrected chi connectivity index (χ1v) is 7.04. The standard InChI is InChI=1S/C15H11BrN2O3/c16-11-3-1-2-9(6-11)8-18-13-7-10(14(19)20)4-5-12(13)17-15(18)21/h1-7H,8H2,(H,17,21)(H,19,20). The number of halogens is 1. The molecule has 0 atom stereocenters. The number of fused-ring (bicyclic) bond motifs is 1. The summed E-state index contributed by atoms with van der Waals surface area (Å²) in [7, 11) is 0. The first kappa shape index (κ1) is 13.6. The Bertz CT molecular complexity index is 895. The molecule has 0 saturated carbocycles. The Labute approximate surface area is 128 Å². The maximum absolute atomic E-state index is 12.1. The van der Waals surface area contributed by atoms with Crippen molar-refractivity contribution in [3.63, 3.8) is 0 Å². The summed E-state index contributed by atoms with van der Waals surface area (Å²) < 4.78 is 2.46. The zero-order valence-corrected chi connectivity index (χ0v) is 12.4. The minimum absolute atomic E-state index is 0.157. The second-order valence-electron chi connectivity index (χ2n) is 4.68. The van der Waals surface area contributed by atoms with Crippen LogP contribution in [0.3, 0.4) is 0 Å². The van der Waals surface area contributed by atoms with E-state index in [0.29, 0.717) is 17.6 Å². The topological polar surface area (TPSA) is 75.1 Å². The third-order valence-corrected chi connectivity index (χ3v) is 3.75. The summed E-state index contributed by atoms with van der Waals surface area (Å²) in [6.45, 7) is 0.376. The van der Waals surface area contributed by atoms with E-state index in [2.05, 4.69) is 20.9 Å². The molecule has 6 heteroatoms. The number of carbonyl (C=O) groups is 1. The van der Waals surface area contributed by atoms with Gasteiger partial charge in [0.05, 0.1) is 23.1 Å². The third-order valence-electron chi connectivity index (χ3n) is 3.25. The van der Waals surface area contributed by atoms with Crippen molar-refractivity contribution in [1.29, 1.82) is 0 Å². The highest BCUT2D eigenvalue weighted by Crippen LogP contribution is 2.16. The molecule has 1 aromatic heterocycles. The fourth-order valence-corrected chi connectivity index (χ4v) is 2.71. The Morgan fingerprint density at radius 2 is 2.05 bits per heavy atom. The van der Waals surface area contributed by atoms with Gasteiger partial charge in [-0.25, -0.2) is 9.59 Å². The molecule has 106 valence electrons. The molecule has 0 aliphatic heterocycles. The Morgan fingerprint density at radius 1 is 1.24 bits per heavy atom. The molecule has 0 aliphatic rings. The number of hydrogen-bond donors (Lipinski definition) is 2. The summed E-state index contributed by atoms with van der Waals surface area (Å²) in [5.74, 6) is -1.01. The van der Waals surface area contributed by atoms with E-state index < -0.39 is 5.97 Å². The maximum atomic E-state index is 12.1. The Morgan fingerprint density at radius 3 is 2.76 bits per heavy atom. The SMILES string of the molecule is O=C(O)c1ccc2[nH]c(=O)n(Cc3cccc(Br)c3)c2c1. The smallest absolute Gasteiger partial charge is 0.335 e. The lowest BCUT2D eigenvalue weighted by atomic mass is 10.2. The van der Waals surface area contributed by atoms with Crippen LogP contribution >= 0.6 is 15.9 Å². The summed E-state index contributed by atoms with van der Waals surface area (Å²) in [5, 5.41) is 9.06. The van der Waals surface area contributed by atoms with Crippen molar-refractivity contribution in [3.8, 4) is 0 Å². The van der Waals surface area contributed by atoms with Gasteiger partial charge in [0.2, 0.25) is 0 Å². The monoisotopic (exact) mass is 346 g/mol. The zero-order valence-electron chi connectivity index (χ0n) is 10.8. The molecular weight excluding hydrogens is 336 g/mol. The molecular formula is C15H11BrN2O3. The highest BCUT2D eigenvalue weighted by molar-refractivity contribution is 9.10. The van der Waals surface area contributed by atoms with Crippen LogP contribution < -0.4 is 5.69 Å². The number of aromatic nitrogens is 2. The molecule has 5 nitrogen and oxygen atoms in total. The summed E-state index contributed by atoms with van der Waals surface area (Å²) in [6, 6.07) is 12.2. The molecule has 0 radical (unpaired) electrons. The van der Waals surface area contributed by atoms with Crippen molar-refractivity contribution in [2.45, 2.75) is 6.54 Å². The van der Waals surface area contributed by atoms with Gasteiger partial charge in [-0.15, -0.1) is 0 Å². The second-order valence-corrected chi connectivity index (χ2v) is 5.60. The molecule has 2 aromatic carbocycles. The first-order chi connectivity index (χ1) is 10.0. The predicted molar refractivity (Wildman–Crippen MR) is 82.8 cm³/mol. The van der Waals surface area contributed by atoms with E-state index in [-0.39, 0.29) is 11.3 Å². The van der Waals surface area contributed by atoms with Crippen molar-refractivity contribution in [3.05, 3.63) is 68.5 Å². The van der Waals surface area contributed by atoms with Crippen molar-refractivity contribution < 1.29 is 9.90 Å². The lowest BCUT2D eigenvalue weighted by Gasteiger charge is -2.05. The van der Waals surface area contributed by atoms with Crippen LogP contribution in [-0.4, -0.2) is 20.6 Å². The summed E-state index contributed by atoms with van der Waals surface area (Å²) in [4.78, 5) is 25.9. The van der Waals surface area contributed by atoms with Gasteiger partial charge in [-0.1, -0.05) is 28.1 Å². The van der Waals surface area contributed by atoms with Crippen LogP contribution in [0, 0.1) is 0 Å². The highest BCUT2D eigenvalue weighted by Gasteiger charge is 2.11. The number of H-pyrrole nitrogens is 1. The minimum atomic E-state index is -1.01. The molecule has 1 heterocycles. The summed E-state index contributed by atoms with van der Waals surface area (Å²) >= 11 is 3.39. The van der Waals surface area contributed by atoms with Gasteiger partial charge in [0.25, 0.3) is 0 Å². The van der Waals surface area contributed by atoms with E-state index in [4.69, 9.17) is 5.11 Å². The van der Waals surface area contributed by atoms with E-state index in [0.717, 1.165) is 10.0 Å². The predicted octanol–water partition coefficient (Wildman–Crippen LogP) is 2.84. The molecule has 0 fully saturated rings. The highest BCUT2D eigenvalue weighted by atomic mass is 79.9. The van der Waals surface area contributed by atoms with Gasteiger partial charge in [-0.05, 0) is 35.9 Å². The van der Waals surface area contributed by atoms with Gasteiger partial charge in [0, 0.05) is 4.47 Å². The van der Waals surface area contributed by atoms with Crippen LogP contribution in [0.25, 0.3) is 11.0 Å². The fourth-order valence-electron chi connectivity index (χ4n) is 2.26. The minimum Gasteiger partial charge on any atom is -0.478 e. The van der Waals surface area contributed by atoms with E-state index in [9.17, 15) is 9.59 Å². The fraction of sp³-hybridized carbons (Fsp3) is 0.0667. The van der Waals surface area contributed by atoms with Gasteiger partial charge >= 0.3 is 11.7 Å². The number of imidazole rings is 1. The quantitative estimate of drug-likeness (QED) is 0.765. The maximum Gasteiger partial charge on any atom is 0.335 e. The zero-order chi connectivity index (χ0) is 15.0. The number of aromatic carboxylic acids is 1. The average molecular weight is 347 g/mol. The normalized spacial score (nSPS) is 10.9. The molecule has 0 aliphatic carbocycles. The number of rotatable bonds is 3. The molecule has 3 aromatic rings. The van der Waals surface area contributed by atoms with Crippen LogP contribution in [0.5, 0.6) is 0 Å². The largest absolute Gasteiger partial charge is 0.478 e. The van der Waals surface area contributed by atoms with Crippen molar-refractivity contribution in [2.75, 3.05) is 0 Å². The van der Waals surface area contributed by atoms with E-state index in [1.807, 2.05) is 24.3 Å². The number of nitrogens with one attached hydrogen (secondary N) is 1. The van der Waals surface area contributed by atoms with Gasteiger partial charge < -0.3 is 10.1 Å². The van der Waals surface area contributed by atoms with Crippen LogP contribution in [0.2, 0.25) is 0 Å². The molecule has 2 N–H and O–H groups in total. The number of carboxylic acid groups (broad SMARTS) is 1. The van der Waals surface area contributed by atoms with Gasteiger partial charge in [0.15, 0.2) is 0 Å². The second kappa shape index (κ2) is 5.21.